The molecule has 0 spiro atoms. The first kappa shape index (κ1) is 21.4. The summed E-state index contributed by atoms with van der Waals surface area (Å²) in [5.41, 5.74) is 2.04. The van der Waals surface area contributed by atoms with Crippen LogP contribution in [0, 0.1) is 28.6 Å². The Labute approximate surface area is 190 Å². The van der Waals surface area contributed by atoms with Gasteiger partial charge >= 0.3 is 0 Å². The van der Waals surface area contributed by atoms with E-state index in [0.717, 1.165) is 5.75 Å². The van der Waals surface area contributed by atoms with Gasteiger partial charge in [-0.05, 0) is 91.8 Å². The molecule has 0 saturated heterocycles. The van der Waals surface area contributed by atoms with Gasteiger partial charge in [0.2, 0.25) is 8.32 Å². The molecule has 4 aliphatic carbocycles. The molecule has 2 bridgehead atoms. The van der Waals surface area contributed by atoms with Crippen LogP contribution in [0.3, 0.4) is 0 Å². The Balaban J connectivity index is 1.74. The van der Waals surface area contributed by atoms with Crippen LogP contribution in [-0.2, 0) is 9.84 Å². The number of ether oxygens (including phenoxy) is 1. The molecule has 0 aliphatic heterocycles. The molecule has 2 saturated carbocycles. The van der Waals surface area contributed by atoms with E-state index in [0.29, 0.717) is 23.2 Å². The van der Waals surface area contributed by atoms with Crippen LogP contribution < -0.4 is 4.74 Å². The van der Waals surface area contributed by atoms with Crippen LogP contribution in [0.5, 0.6) is 5.75 Å². The molecule has 3 heteroatoms. The molecule has 1 aromatic rings. The van der Waals surface area contributed by atoms with Gasteiger partial charge in [-0.1, -0.05) is 51.0 Å². The van der Waals surface area contributed by atoms with Crippen molar-refractivity contribution in [2.45, 2.75) is 77.4 Å². The molecular weight excluding hydrogens is 396 g/mol. The van der Waals surface area contributed by atoms with Crippen LogP contribution in [-0.4, -0.2) is 15.4 Å². The monoisotopic (exact) mass is 436 g/mol. The zero-order valence-electron chi connectivity index (χ0n) is 20.3. The Bertz CT molecular complexity index is 910. The maximum Gasteiger partial charge on any atom is 0.241 e. The quantitative estimate of drug-likeness (QED) is 0.360. The highest BCUT2D eigenvalue weighted by Crippen LogP contribution is 2.80. The summed E-state index contributed by atoms with van der Waals surface area (Å²) < 4.78 is 12.5. The highest BCUT2D eigenvalue weighted by molar-refractivity contribution is 6.70. The third kappa shape index (κ3) is 2.81. The standard InChI is InChI=1S/C28H40O2Si/c1-20-9-14-23-25(24(19-20)30-31(4,5)6)28(21-10-12-22(29-3)13-11-21)18-17-27(23)16-8-7-15-26(27,28)2/h10-13,17-20,23,25H,7-9,14-16H2,1-6H3/t20-,23-,25-,26-,27+,28+/m0/s1. The predicted octanol–water partition coefficient (Wildman–Crippen LogP) is 7.48. The van der Waals surface area contributed by atoms with Crippen molar-refractivity contribution in [3.8, 4) is 5.75 Å². The maximum absolute atomic E-state index is 6.98. The summed E-state index contributed by atoms with van der Waals surface area (Å²) in [6, 6.07) is 9.03. The van der Waals surface area contributed by atoms with Crippen molar-refractivity contribution >= 4 is 8.32 Å². The van der Waals surface area contributed by atoms with Crippen LogP contribution in [0.2, 0.25) is 19.6 Å². The van der Waals surface area contributed by atoms with Crippen molar-refractivity contribution in [3.63, 3.8) is 0 Å². The molecule has 1 aromatic carbocycles. The number of methoxy groups -OCH3 is 1. The first-order valence-electron chi connectivity index (χ1n) is 12.4. The largest absolute Gasteiger partial charge is 0.547 e. The fourth-order valence-corrected chi connectivity index (χ4v) is 9.08. The molecule has 2 fully saturated rings. The Kier molecular flexibility index (Phi) is 4.83. The zero-order chi connectivity index (χ0) is 22.1. The molecule has 5 rings (SSSR count). The van der Waals surface area contributed by atoms with Crippen molar-refractivity contribution in [1.82, 2.24) is 0 Å². The molecule has 0 unspecified atom stereocenters. The van der Waals surface area contributed by atoms with Crippen molar-refractivity contribution in [2.75, 3.05) is 7.11 Å². The lowest BCUT2D eigenvalue weighted by Crippen LogP contribution is -2.47. The summed E-state index contributed by atoms with van der Waals surface area (Å²) in [5.74, 6) is 3.99. The van der Waals surface area contributed by atoms with Gasteiger partial charge in [-0.3, -0.25) is 0 Å². The van der Waals surface area contributed by atoms with Crippen molar-refractivity contribution in [3.05, 3.63) is 53.8 Å². The van der Waals surface area contributed by atoms with E-state index >= 15 is 0 Å². The molecular formula is C28H40O2Si. The fourth-order valence-electron chi connectivity index (χ4n) is 8.18. The van der Waals surface area contributed by atoms with Gasteiger partial charge in [-0.2, -0.15) is 0 Å². The molecule has 0 N–H and O–H groups in total. The van der Waals surface area contributed by atoms with E-state index < -0.39 is 8.32 Å². The molecule has 31 heavy (non-hydrogen) atoms. The van der Waals surface area contributed by atoms with E-state index in [1.54, 1.807) is 7.11 Å². The normalized spacial score (nSPS) is 41.2. The summed E-state index contributed by atoms with van der Waals surface area (Å²) in [7, 11) is 0.0407. The van der Waals surface area contributed by atoms with Gasteiger partial charge in [0.05, 0.1) is 12.9 Å². The van der Waals surface area contributed by atoms with Gasteiger partial charge in [0.25, 0.3) is 0 Å². The maximum atomic E-state index is 6.98. The number of rotatable bonds is 4. The van der Waals surface area contributed by atoms with Gasteiger partial charge in [0.1, 0.15) is 5.75 Å². The summed E-state index contributed by atoms with van der Waals surface area (Å²) in [6.07, 6.45) is 15.8. The average Bonchev–Trinajstić information content (AvgIpc) is 3.02. The van der Waals surface area contributed by atoms with Crippen molar-refractivity contribution in [1.29, 1.82) is 0 Å². The molecule has 4 aliphatic rings. The highest BCUT2D eigenvalue weighted by atomic mass is 28.4. The van der Waals surface area contributed by atoms with E-state index in [1.807, 2.05) is 0 Å². The number of fused-ring (bicyclic) bond motifs is 2. The summed E-state index contributed by atoms with van der Waals surface area (Å²) >= 11 is 0. The minimum Gasteiger partial charge on any atom is -0.547 e. The summed E-state index contributed by atoms with van der Waals surface area (Å²) in [5, 5.41) is 0. The number of hydrogen-bond donors (Lipinski definition) is 0. The molecule has 2 nitrogen and oxygen atoms in total. The first-order valence-corrected chi connectivity index (χ1v) is 15.8. The second kappa shape index (κ2) is 7.01. The minimum absolute atomic E-state index is 0.0138. The fraction of sp³-hybridized carbons (Fsp3) is 0.643. The van der Waals surface area contributed by atoms with E-state index in [4.69, 9.17) is 9.16 Å². The second-order valence-electron chi connectivity index (χ2n) is 11.9. The molecule has 0 aromatic heterocycles. The molecule has 0 radical (unpaired) electrons. The first-order chi connectivity index (χ1) is 14.7. The second-order valence-corrected chi connectivity index (χ2v) is 16.4. The number of hydrogen-bond acceptors (Lipinski definition) is 2. The third-order valence-corrected chi connectivity index (χ3v) is 10.2. The molecule has 6 atom stereocenters. The van der Waals surface area contributed by atoms with Gasteiger partial charge in [0.15, 0.2) is 0 Å². The van der Waals surface area contributed by atoms with Crippen LogP contribution in [0.4, 0.5) is 0 Å². The molecule has 0 heterocycles. The Morgan fingerprint density at radius 2 is 1.68 bits per heavy atom. The Morgan fingerprint density at radius 3 is 2.35 bits per heavy atom. The van der Waals surface area contributed by atoms with Crippen LogP contribution in [0.1, 0.15) is 57.9 Å². The Morgan fingerprint density at radius 1 is 0.968 bits per heavy atom. The smallest absolute Gasteiger partial charge is 0.241 e. The van der Waals surface area contributed by atoms with Crippen LogP contribution in [0.25, 0.3) is 0 Å². The minimum atomic E-state index is -1.72. The topological polar surface area (TPSA) is 18.5 Å². The van der Waals surface area contributed by atoms with Gasteiger partial charge < -0.3 is 9.16 Å². The van der Waals surface area contributed by atoms with Gasteiger partial charge in [0, 0.05) is 11.3 Å². The lowest BCUT2D eigenvalue weighted by atomic mass is 9.52. The van der Waals surface area contributed by atoms with E-state index in [-0.39, 0.29) is 10.8 Å². The van der Waals surface area contributed by atoms with Crippen molar-refractivity contribution < 1.29 is 9.16 Å². The van der Waals surface area contributed by atoms with E-state index in [1.165, 1.54) is 49.8 Å². The van der Waals surface area contributed by atoms with E-state index in [9.17, 15) is 0 Å². The Hall–Kier alpha value is -1.48. The zero-order valence-corrected chi connectivity index (χ0v) is 21.3. The van der Waals surface area contributed by atoms with E-state index in [2.05, 4.69) is 76.0 Å². The molecule has 168 valence electrons. The van der Waals surface area contributed by atoms with Crippen molar-refractivity contribution in [2.24, 2.45) is 28.6 Å². The molecule has 0 amide bonds. The average molecular weight is 437 g/mol. The van der Waals surface area contributed by atoms with Gasteiger partial charge in [-0.25, -0.2) is 0 Å². The van der Waals surface area contributed by atoms with Crippen LogP contribution >= 0.6 is 0 Å². The predicted molar refractivity (Wildman–Crippen MR) is 131 cm³/mol. The number of allylic oxidation sites excluding steroid dienone is 4. The van der Waals surface area contributed by atoms with Crippen LogP contribution in [0.15, 0.2) is 48.3 Å². The summed E-state index contributed by atoms with van der Waals surface area (Å²) in [4.78, 5) is 0. The van der Waals surface area contributed by atoms with Gasteiger partial charge in [-0.15, -0.1) is 0 Å². The lowest BCUT2D eigenvalue weighted by Gasteiger charge is -2.51. The number of benzene rings is 1. The summed E-state index contributed by atoms with van der Waals surface area (Å²) in [6.45, 7) is 12.0. The lowest BCUT2D eigenvalue weighted by molar-refractivity contribution is 0.0303. The third-order valence-electron chi connectivity index (χ3n) is 9.34. The highest BCUT2D eigenvalue weighted by Gasteiger charge is 2.76. The SMILES string of the molecule is COc1ccc([C@@]23C=C[C@]4(CCCC[C@@]42C)[C@H]2CC[C@H](C)C=C(O[Si](C)(C)C)[C@H]23)cc1.